The fourth-order valence-corrected chi connectivity index (χ4v) is 2.75. The van der Waals surface area contributed by atoms with Gasteiger partial charge < -0.3 is 5.32 Å². The smallest absolute Gasteiger partial charge is 0.228 e. The number of amides is 1. The Kier molecular flexibility index (Phi) is 4.51. The van der Waals surface area contributed by atoms with Gasteiger partial charge in [-0.15, -0.1) is 11.6 Å². The molecule has 0 heterocycles. The van der Waals surface area contributed by atoms with E-state index in [1.54, 1.807) is 0 Å². The molecule has 0 aromatic heterocycles. The first-order chi connectivity index (χ1) is 9.12. The molecule has 1 amide bonds. The van der Waals surface area contributed by atoms with Crippen LogP contribution in [0.5, 0.6) is 0 Å². The second kappa shape index (κ2) is 5.96. The van der Waals surface area contributed by atoms with Gasteiger partial charge in [-0.3, -0.25) is 4.79 Å². The van der Waals surface area contributed by atoms with Crippen LogP contribution >= 0.6 is 11.6 Å². The molecule has 1 aliphatic carbocycles. The minimum atomic E-state index is -0.126. The monoisotopic (exact) mass is 279 g/mol. The zero-order chi connectivity index (χ0) is 13.9. The SMILES string of the molecule is CCC(C)C(C(=O)NC1(CCl)CC1)c1ccccc1. The van der Waals surface area contributed by atoms with Crippen LogP contribution in [0.1, 0.15) is 44.6 Å². The fourth-order valence-electron chi connectivity index (χ4n) is 2.42. The molecule has 2 atom stereocenters. The Balaban J connectivity index is 2.16. The maximum absolute atomic E-state index is 12.6. The number of carbonyl (C=O) groups excluding carboxylic acids is 1. The van der Waals surface area contributed by atoms with Crippen LogP contribution in [0.3, 0.4) is 0 Å². The molecule has 1 aliphatic rings. The first-order valence-corrected chi connectivity index (χ1v) is 7.58. The van der Waals surface area contributed by atoms with E-state index in [4.69, 9.17) is 11.6 Å². The highest BCUT2D eigenvalue weighted by Crippen LogP contribution is 2.38. The summed E-state index contributed by atoms with van der Waals surface area (Å²) in [5.74, 6) is 0.889. The number of carbonyl (C=O) groups is 1. The number of rotatable bonds is 6. The Bertz CT molecular complexity index is 428. The fraction of sp³-hybridized carbons (Fsp3) is 0.562. The summed E-state index contributed by atoms with van der Waals surface area (Å²) in [5, 5.41) is 3.16. The Morgan fingerprint density at radius 1 is 1.37 bits per heavy atom. The van der Waals surface area contributed by atoms with Crippen LogP contribution in [0.2, 0.25) is 0 Å². The van der Waals surface area contributed by atoms with Crippen LogP contribution in [0, 0.1) is 5.92 Å². The summed E-state index contributed by atoms with van der Waals surface area (Å²) in [6, 6.07) is 10.0. The third kappa shape index (κ3) is 3.30. The Morgan fingerprint density at radius 2 is 2.00 bits per heavy atom. The quantitative estimate of drug-likeness (QED) is 0.791. The highest BCUT2D eigenvalue weighted by Gasteiger charge is 2.44. The van der Waals surface area contributed by atoms with Crippen molar-refractivity contribution in [3.63, 3.8) is 0 Å². The summed E-state index contributed by atoms with van der Waals surface area (Å²) in [7, 11) is 0. The van der Waals surface area contributed by atoms with E-state index in [0.29, 0.717) is 11.8 Å². The predicted molar refractivity (Wildman–Crippen MR) is 79.5 cm³/mol. The molecule has 104 valence electrons. The van der Waals surface area contributed by atoms with Gasteiger partial charge in [0.25, 0.3) is 0 Å². The van der Waals surface area contributed by atoms with Crippen molar-refractivity contribution in [1.29, 1.82) is 0 Å². The van der Waals surface area contributed by atoms with E-state index in [-0.39, 0.29) is 17.4 Å². The normalized spacial score (nSPS) is 19.5. The van der Waals surface area contributed by atoms with Crippen LogP contribution in [-0.4, -0.2) is 17.3 Å². The second-order valence-corrected chi connectivity index (χ2v) is 5.94. The first-order valence-electron chi connectivity index (χ1n) is 7.05. The summed E-state index contributed by atoms with van der Waals surface area (Å²) in [6.07, 6.45) is 3.00. The standard InChI is InChI=1S/C16H22ClNO/c1-3-12(2)14(13-7-5-4-6-8-13)15(19)18-16(11-17)9-10-16/h4-8,12,14H,3,9-11H2,1-2H3,(H,18,19). The minimum absolute atomic E-state index is 0.0770. The molecule has 0 saturated heterocycles. The van der Waals surface area contributed by atoms with E-state index in [9.17, 15) is 4.79 Å². The summed E-state index contributed by atoms with van der Waals surface area (Å²) in [5.41, 5.74) is 0.971. The number of hydrogen-bond donors (Lipinski definition) is 1. The molecule has 1 aromatic rings. The van der Waals surface area contributed by atoms with Crippen molar-refractivity contribution in [3.8, 4) is 0 Å². The van der Waals surface area contributed by atoms with Crippen LogP contribution in [0.4, 0.5) is 0 Å². The molecule has 1 N–H and O–H groups in total. The third-order valence-corrected chi connectivity index (χ3v) is 4.66. The molecule has 0 radical (unpaired) electrons. The van der Waals surface area contributed by atoms with Gasteiger partial charge in [0.15, 0.2) is 0 Å². The second-order valence-electron chi connectivity index (χ2n) is 5.68. The van der Waals surface area contributed by atoms with Gasteiger partial charge in [-0.05, 0) is 24.3 Å². The van der Waals surface area contributed by atoms with E-state index in [0.717, 1.165) is 24.8 Å². The maximum Gasteiger partial charge on any atom is 0.228 e. The molecule has 2 rings (SSSR count). The van der Waals surface area contributed by atoms with Gasteiger partial charge in [0.1, 0.15) is 0 Å². The number of hydrogen-bond acceptors (Lipinski definition) is 1. The van der Waals surface area contributed by atoms with Crippen molar-refractivity contribution >= 4 is 17.5 Å². The van der Waals surface area contributed by atoms with Gasteiger partial charge in [0.2, 0.25) is 5.91 Å². The predicted octanol–water partition coefficient (Wildman–Crippen LogP) is 3.70. The van der Waals surface area contributed by atoms with Gasteiger partial charge in [-0.2, -0.15) is 0 Å². The van der Waals surface area contributed by atoms with Crippen LogP contribution < -0.4 is 5.32 Å². The topological polar surface area (TPSA) is 29.1 Å². The molecule has 1 saturated carbocycles. The molecular weight excluding hydrogens is 258 g/mol. The molecule has 3 heteroatoms. The Labute approximate surface area is 120 Å². The summed E-state index contributed by atoms with van der Waals surface area (Å²) >= 11 is 5.95. The lowest BCUT2D eigenvalue weighted by atomic mass is 9.84. The van der Waals surface area contributed by atoms with E-state index < -0.39 is 0 Å². The molecule has 0 aliphatic heterocycles. The molecule has 1 aromatic carbocycles. The highest BCUT2D eigenvalue weighted by atomic mass is 35.5. The van der Waals surface area contributed by atoms with Crippen molar-refractivity contribution in [2.45, 2.75) is 44.6 Å². The van der Waals surface area contributed by atoms with Crippen LogP contribution in [0.25, 0.3) is 0 Å². The zero-order valence-corrected chi connectivity index (χ0v) is 12.4. The van der Waals surface area contributed by atoms with E-state index in [1.807, 2.05) is 30.3 Å². The van der Waals surface area contributed by atoms with Gasteiger partial charge in [0, 0.05) is 5.88 Å². The molecule has 0 spiro atoms. The van der Waals surface area contributed by atoms with Crippen LogP contribution in [-0.2, 0) is 4.79 Å². The largest absolute Gasteiger partial charge is 0.349 e. The summed E-state index contributed by atoms with van der Waals surface area (Å²) in [6.45, 7) is 4.26. The van der Waals surface area contributed by atoms with Gasteiger partial charge >= 0.3 is 0 Å². The van der Waals surface area contributed by atoms with Crippen molar-refractivity contribution in [2.24, 2.45) is 5.92 Å². The average Bonchev–Trinajstić information content (AvgIpc) is 3.20. The first kappa shape index (κ1) is 14.4. The lowest BCUT2D eigenvalue weighted by Crippen LogP contribution is -2.42. The maximum atomic E-state index is 12.6. The van der Waals surface area contributed by atoms with E-state index in [1.165, 1.54) is 0 Å². The van der Waals surface area contributed by atoms with E-state index in [2.05, 4.69) is 19.2 Å². The average molecular weight is 280 g/mol. The molecule has 19 heavy (non-hydrogen) atoms. The highest BCUT2D eigenvalue weighted by molar-refractivity contribution is 6.19. The number of halogens is 1. The van der Waals surface area contributed by atoms with Crippen molar-refractivity contribution in [2.75, 3.05) is 5.88 Å². The van der Waals surface area contributed by atoms with E-state index >= 15 is 0 Å². The molecule has 2 unspecified atom stereocenters. The minimum Gasteiger partial charge on any atom is -0.349 e. The molecule has 0 bridgehead atoms. The molecular formula is C16H22ClNO. The van der Waals surface area contributed by atoms with Crippen LogP contribution in [0.15, 0.2) is 30.3 Å². The number of nitrogens with one attached hydrogen (secondary N) is 1. The zero-order valence-electron chi connectivity index (χ0n) is 11.7. The van der Waals surface area contributed by atoms with Crippen molar-refractivity contribution in [3.05, 3.63) is 35.9 Å². The van der Waals surface area contributed by atoms with Gasteiger partial charge in [-0.25, -0.2) is 0 Å². The van der Waals surface area contributed by atoms with Gasteiger partial charge in [0.05, 0.1) is 11.5 Å². The molecule has 2 nitrogen and oxygen atoms in total. The van der Waals surface area contributed by atoms with Crippen molar-refractivity contribution < 1.29 is 4.79 Å². The van der Waals surface area contributed by atoms with Crippen molar-refractivity contribution in [1.82, 2.24) is 5.32 Å². The lowest BCUT2D eigenvalue weighted by Gasteiger charge is -2.25. The summed E-state index contributed by atoms with van der Waals surface area (Å²) < 4.78 is 0. The number of alkyl halides is 1. The lowest BCUT2D eigenvalue weighted by molar-refractivity contribution is -0.124. The number of benzene rings is 1. The molecule has 1 fully saturated rings. The van der Waals surface area contributed by atoms with Gasteiger partial charge in [-0.1, -0.05) is 50.6 Å². The Morgan fingerprint density at radius 3 is 2.47 bits per heavy atom. The Hall–Kier alpha value is -1.02. The summed E-state index contributed by atoms with van der Waals surface area (Å²) in [4.78, 5) is 12.6. The third-order valence-electron chi connectivity index (χ3n) is 4.15.